The Labute approximate surface area is 412 Å². The number of anilines is 3. The molecule has 0 radical (unpaired) electrons. The Kier molecular flexibility index (Phi) is 10.9. The molecule has 0 fully saturated rings. The van der Waals surface area contributed by atoms with Crippen LogP contribution in [0.15, 0.2) is 77.9 Å². The summed E-state index contributed by atoms with van der Waals surface area (Å²) in [6.45, 7) is 36.9. The van der Waals surface area contributed by atoms with Crippen LogP contribution in [-0.4, -0.2) is 16.4 Å². The maximum Gasteiger partial charge on any atom is 2.00 e. The predicted octanol–water partition coefficient (Wildman–Crippen LogP) is 15.4. The molecule has 3 heterocycles. The first-order valence-corrected chi connectivity index (χ1v) is 23.3. The van der Waals surface area contributed by atoms with Crippen LogP contribution in [0.25, 0.3) is 11.1 Å². The van der Waals surface area contributed by atoms with E-state index in [1.165, 1.54) is 27.8 Å². The molecule has 3 aliphatic rings. The molecule has 1 aliphatic carbocycles. The Morgan fingerprint density at radius 2 is 1.41 bits per heavy atom. The zero-order chi connectivity index (χ0) is 48.7. The molecule has 6 aromatic rings. The Hall–Kier alpha value is -4.99. The van der Waals surface area contributed by atoms with Gasteiger partial charge in [-0.3, -0.25) is 4.99 Å². The first-order valence-electron chi connectivity index (χ1n) is 24.3. The van der Waals surface area contributed by atoms with Crippen molar-refractivity contribution >= 4 is 23.1 Å². The van der Waals surface area contributed by atoms with E-state index in [4.69, 9.17) is 19.5 Å². The van der Waals surface area contributed by atoms with Crippen molar-refractivity contribution in [1.82, 2.24) is 4.98 Å². The molecule has 0 unspecified atom stereocenters. The molecule has 0 saturated carbocycles. The van der Waals surface area contributed by atoms with Gasteiger partial charge in [0.05, 0.1) is 5.54 Å². The number of rotatable bonds is 5. The molecule has 66 heavy (non-hydrogen) atoms. The summed E-state index contributed by atoms with van der Waals surface area (Å²) in [7, 11) is 0. The van der Waals surface area contributed by atoms with Crippen LogP contribution in [0.1, 0.15) is 156 Å². The maximum atomic E-state index is 9.60. The Balaban J connectivity index is 0.00000625. The summed E-state index contributed by atoms with van der Waals surface area (Å²) in [5.41, 5.74) is 16.4. The molecule has 5 nitrogen and oxygen atoms in total. The van der Waals surface area contributed by atoms with Gasteiger partial charge in [0.15, 0.2) is 0 Å². The quantitative estimate of drug-likeness (QED) is 0.161. The molecule has 0 bridgehead atoms. The number of nitrogens with zero attached hydrogens (tertiary/aromatic N) is 3. The normalized spacial score (nSPS) is 20.7. The molecule has 9 rings (SSSR count). The van der Waals surface area contributed by atoms with E-state index in [0.717, 1.165) is 72.8 Å². The van der Waals surface area contributed by atoms with Crippen molar-refractivity contribution in [2.75, 3.05) is 4.90 Å². The molecule has 0 spiro atoms. The minimum Gasteiger partial charge on any atom is -0.508 e. The Morgan fingerprint density at radius 1 is 0.727 bits per heavy atom. The van der Waals surface area contributed by atoms with Crippen molar-refractivity contribution in [2.45, 2.75) is 158 Å². The number of benzene rings is 5. The molecule has 1 aromatic heterocycles. The van der Waals surface area contributed by atoms with E-state index in [9.17, 15) is 2.74 Å². The third-order valence-electron chi connectivity index (χ3n) is 14.6. The molecule has 6 heteroatoms. The average Bonchev–Trinajstić information content (AvgIpc) is 3.47. The fourth-order valence-electron chi connectivity index (χ4n) is 11.2. The first kappa shape index (κ1) is 44.8. The maximum absolute atomic E-state index is 9.60. The fraction of sp³-hybridized carbons (Fsp3) is 0.400. The topological polar surface area (TPSA) is 47.0 Å². The van der Waals surface area contributed by atoms with E-state index in [1.54, 1.807) is 0 Å². The number of fused-ring (bicyclic) bond motifs is 5. The predicted molar refractivity (Wildman–Crippen MR) is 269 cm³/mol. The number of hydrogen-bond acceptors (Lipinski definition) is 5. The third-order valence-corrected chi connectivity index (χ3v) is 14.6. The van der Waals surface area contributed by atoms with Gasteiger partial charge in [0.1, 0.15) is 17.3 Å². The summed E-state index contributed by atoms with van der Waals surface area (Å²) in [6.07, 6.45) is 0.450. The molecule has 2 aliphatic heterocycles. The Bertz CT molecular complexity index is 3080. The molecule has 5 aromatic carbocycles. The van der Waals surface area contributed by atoms with Crippen LogP contribution in [0.3, 0.4) is 0 Å². The van der Waals surface area contributed by atoms with Gasteiger partial charge >= 0.3 is 21.1 Å². The van der Waals surface area contributed by atoms with E-state index >= 15 is 0 Å². The van der Waals surface area contributed by atoms with Crippen molar-refractivity contribution in [3.8, 4) is 22.6 Å². The van der Waals surface area contributed by atoms with E-state index in [-0.39, 0.29) is 43.7 Å². The van der Waals surface area contributed by atoms with E-state index in [1.807, 2.05) is 13.1 Å². The van der Waals surface area contributed by atoms with Gasteiger partial charge in [-0.2, -0.15) is 6.07 Å². The third kappa shape index (κ3) is 7.66. The van der Waals surface area contributed by atoms with Crippen LogP contribution in [0.4, 0.5) is 17.2 Å². The number of aromatic nitrogens is 1. The number of ether oxygens (including phenoxy) is 2. The molecule has 344 valence electrons. The summed E-state index contributed by atoms with van der Waals surface area (Å²) in [5.74, 6) is 2.34. The van der Waals surface area contributed by atoms with Crippen LogP contribution in [0.2, 0.25) is 0 Å². The SMILES string of the molecule is [2H]C1([2H])C[C@@]2(C)N=C(c3[c-]c(Oc4[c-]c5c(cc4C)C(C)(C)c4cc(C)ccc4N5c4cc(C(C)(C)C)ccn4)cc(-c4c(C)cc(C)cc4C)c3)O[C@@]2(C)c2cc(C)c(C(C)(C)C)c(C)c21.[Pt+2]. The molecule has 0 saturated heterocycles. The number of pyridine rings is 1. The van der Waals surface area contributed by atoms with Gasteiger partial charge in [0.2, 0.25) is 0 Å². The van der Waals surface area contributed by atoms with Gasteiger partial charge in [-0.25, -0.2) is 4.98 Å². The van der Waals surface area contributed by atoms with Crippen LogP contribution >= 0.6 is 0 Å². The monoisotopic (exact) mass is 1060 g/mol. The van der Waals surface area contributed by atoms with Crippen LogP contribution in [-0.2, 0) is 54.0 Å². The molecule has 2 atom stereocenters. The van der Waals surface area contributed by atoms with Gasteiger partial charge in [-0.15, -0.1) is 23.3 Å². The van der Waals surface area contributed by atoms with Gasteiger partial charge in [-0.05, 0) is 153 Å². The second-order valence-corrected chi connectivity index (χ2v) is 22.2. The number of aryl methyl sites for hydroxylation is 6. The second kappa shape index (κ2) is 16.1. The molecular weight excluding hydrogens is 990 g/mol. The summed E-state index contributed by atoms with van der Waals surface area (Å²) < 4.78 is 33.5. The summed E-state index contributed by atoms with van der Waals surface area (Å²) in [5, 5.41) is 0. The molecular formula is C60H67N3O2Pt. The smallest absolute Gasteiger partial charge is 0.508 e. The zero-order valence-electron chi connectivity index (χ0n) is 44.1. The second-order valence-electron chi connectivity index (χ2n) is 22.2. The van der Waals surface area contributed by atoms with E-state index in [2.05, 4.69) is 195 Å². The number of aliphatic imine (C=N–C) groups is 1. The van der Waals surface area contributed by atoms with Gasteiger partial charge in [0, 0.05) is 31.7 Å². The fourth-order valence-corrected chi connectivity index (χ4v) is 11.2. The van der Waals surface area contributed by atoms with Gasteiger partial charge in [-0.1, -0.05) is 133 Å². The van der Waals surface area contributed by atoms with Crippen LogP contribution in [0, 0.1) is 60.6 Å². The van der Waals surface area contributed by atoms with E-state index in [0.29, 0.717) is 23.0 Å². The van der Waals surface area contributed by atoms with Crippen molar-refractivity contribution in [1.29, 1.82) is 0 Å². The van der Waals surface area contributed by atoms with Crippen LogP contribution in [0.5, 0.6) is 11.5 Å². The summed E-state index contributed by atoms with van der Waals surface area (Å²) >= 11 is 0. The number of hydrogen-bond donors (Lipinski definition) is 0. The van der Waals surface area contributed by atoms with Gasteiger partial charge in [0.25, 0.3) is 0 Å². The standard InChI is InChI=1S/C60H67N3O2.Pt/c1-34-18-19-49-47(26-34)58(14,15)48-27-36(3)51(33-50(48)63(49)52-32-43(21-23-61-52)56(8,9)10)64-44-30-41(53-37(4)24-35(2)25-38(53)5)29-42(31-44)55-62-59(16)22-20-45-40(7)54(57(11,12)13)39(6)28-46(45)60(59,17)65-55;/h18-19,21,23-30,32H,20,22H2,1-17H3;/q-2;+2/t59-,60+;/m1./s1/i20D2;. The van der Waals surface area contributed by atoms with Crippen molar-refractivity contribution < 1.29 is 33.3 Å². The summed E-state index contributed by atoms with van der Waals surface area (Å²) in [6, 6.07) is 31.5. The average molecular weight is 1060 g/mol. The minimum atomic E-state index is -1.63. The molecule has 0 N–H and O–H groups in total. The Morgan fingerprint density at radius 3 is 2.08 bits per heavy atom. The minimum absolute atomic E-state index is 0. The first-order chi connectivity index (χ1) is 31.0. The van der Waals surface area contributed by atoms with Crippen molar-refractivity contribution in [3.63, 3.8) is 0 Å². The van der Waals surface area contributed by atoms with Crippen LogP contribution < -0.4 is 9.64 Å². The zero-order valence-corrected chi connectivity index (χ0v) is 44.4. The van der Waals surface area contributed by atoms with E-state index < -0.39 is 17.5 Å². The summed E-state index contributed by atoms with van der Waals surface area (Å²) in [4.78, 5) is 12.6. The molecule has 0 amide bonds. The van der Waals surface area contributed by atoms with Crippen molar-refractivity contribution in [2.24, 2.45) is 4.99 Å². The largest absolute Gasteiger partial charge is 2.00 e. The van der Waals surface area contributed by atoms with Crippen molar-refractivity contribution in [3.05, 3.63) is 163 Å². The van der Waals surface area contributed by atoms with Gasteiger partial charge < -0.3 is 14.4 Å².